The normalized spacial score (nSPS) is 10.6. The summed E-state index contributed by atoms with van der Waals surface area (Å²) >= 11 is 0. The van der Waals surface area contributed by atoms with Gasteiger partial charge in [0.05, 0.1) is 33.5 Å². The Morgan fingerprint density at radius 1 is 0.707 bits per heavy atom. The molecule has 4 aromatic rings. The molecule has 11 nitrogen and oxygen atoms in total. The average Bonchev–Trinajstić information content (AvgIpc) is 3.02. The van der Waals surface area contributed by atoms with Gasteiger partial charge in [-0.25, -0.2) is 0 Å². The van der Waals surface area contributed by atoms with Gasteiger partial charge >= 0.3 is 6.01 Å². The van der Waals surface area contributed by atoms with Crippen LogP contribution in [0.5, 0.6) is 17.5 Å². The first-order chi connectivity index (χ1) is 20.2. The number of nitrogens with one attached hydrogen (secondary N) is 3. The van der Waals surface area contributed by atoms with Crippen molar-refractivity contribution in [1.29, 1.82) is 0 Å². The smallest absolute Gasteiger partial charge is 0.328 e. The first kappa shape index (κ1) is 29.2. The molecule has 11 heteroatoms. The number of hydrogen-bond acceptors (Lipinski definition) is 10. The molecule has 0 saturated heterocycles. The third kappa shape index (κ3) is 10.4. The lowest BCUT2D eigenvalue weighted by Gasteiger charge is -2.11. The predicted molar refractivity (Wildman–Crippen MR) is 156 cm³/mol. The molecule has 4 rings (SSSR count). The summed E-state index contributed by atoms with van der Waals surface area (Å²) < 4.78 is 22.3. The molecule has 0 aliphatic carbocycles. The molecule has 0 aliphatic heterocycles. The molecule has 0 spiro atoms. The molecule has 1 heterocycles. The van der Waals surface area contributed by atoms with E-state index in [0.717, 1.165) is 11.3 Å². The van der Waals surface area contributed by atoms with Crippen molar-refractivity contribution in [2.24, 2.45) is 0 Å². The molecule has 0 aliphatic rings. The minimum atomic E-state index is -0.120. The van der Waals surface area contributed by atoms with E-state index < -0.39 is 0 Å². The predicted octanol–water partition coefficient (Wildman–Crippen LogP) is 4.16. The molecule has 1 amide bonds. The third-order valence-corrected chi connectivity index (χ3v) is 5.62. The van der Waals surface area contributed by atoms with Gasteiger partial charge in [0.25, 0.3) is 5.91 Å². The fourth-order valence-electron chi connectivity index (χ4n) is 3.60. The van der Waals surface area contributed by atoms with Gasteiger partial charge in [0.2, 0.25) is 11.9 Å². The molecule has 3 N–H and O–H groups in total. The highest BCUT2D eigenvalue weighted by Crippen LogP contribution is 2.20. The Morgan fingerprint density at radius 3 is 2.10 bits per heavy atom. The number of rotatable bonds is 17. The second-order valence-electron chi connectivity index (χ2n) is 8.66. The van der Waals surface area contributed by atoms with Crippen LogP contribution in [0, 0.1) is 0 Å². The summed E-state index contributed by atoms with van der Waals surface area (Å²) in [6.45, 7) is 3.04. The van der Waals surface area contributed by atoms with E-state index in [1.807, 2.05) is 72.8 Å². The molecule has 0 atom stereocenters. The molecule has 0 saturated carbocycles. The summed E-state index contributed by atoms with van der Waals surface area (Å²) in [6.07, 6.45) is 0. The Kier molecular flexibility index (Phi) is 11.7. The van der Waals surface area contributed by atoms with Crippen molar-refractivity contribution in [2.45, 2.75) is 6.54 Å². The average molecular weight is 559 g/mol. The number of carbonyl (C=O) groups excluding carboxylic acids is 1. The lowest BCUT2D eigenvalue weighted by Crippen LogP contribution is -2.27. The van der Waals surface area contributed by atoms with Crippen LogP contribution in [0.4, 0.5) is 11.9 Å². The van der Waals surface area contributed by atoms with Gasteiger partial charge in [-0.1, -0.05) is 48.5 Å². The van der Waals surface area contributed by atoms with Crippen LogP contribution in [0.15, 0.2) is 84.9 Å². The number of methoxy groups -OCH3 is 1. The van der Waals surface area contributed by atoms with Crippen LogP contribution in [0.25, 0.3) is 0 Å². The van der Waals surface area contributed by atoms with Gasteiger partial charge < -0.3 is 34.9 Å². The number of benzene rings is 3. The standard InChI is InChI=1S/C30H34N6O5/c1-38-26-14-8-9-23(21-26)22-33-29-34-28(35-30(36-29)41-25-12-6-3-7-13-25)32-16-18-40-20-19-39-17-15-31-27(37)24-10-4-2-5-11-24/h2-14,21H,15-20,22H2,1H3,(H,31,37)(H2,32,33,34,35,36). The Hall–Kier alpha value is -4.74. The van der Waals surface area contributed by atoms with E-state index in [-0.39, 0.29) is 11.9 Å². The number of carbonyl (C=O) groups is 1. The van der Waals surface area contributed by atoms with Gasteiger partial charge in [-0.15, -0.1) is 0 Å². The molecule has 0 unspecified atom stereocenters. The molecule has 1 aromatic heterocycles. The van der Waals surface area contributed by atoms with Gasteiger partial charge in [-0.05, 0) is 42.0 Å². The van der Waals surface area contributed by atoms with Crippen molar-refractivity contribution >= 4 is 17.8 Å². The van der Waals surface area contributed by atoms with Crippen molar-refractivity contribution in [2.75, 3.05) is 57.3 Å². The lowest BCUT2D eigenvalue weighted by molar-refractivity contribution is 0.0519. The highest BCUT2D eigenvalue weighted by atomic mass is 16.5. The lowest BCUT2D eigenvalue weighted by atomic mass is 10.2. The minimum Gasteiger partial charge on any atom is -0.497 e. The number of nitrogens with zero attached hydrogens (tertiary/aromatic N) is 3. The number of amides is 1. The first-order valence-electron chi connectivity index (χ1n) is 13.3. The van der Waals surface area contributed by atoms with Gasteiger partial charge in [-0.2, -0.15) is 15.0 Å². The van der Waals surface area contributed by atoms with Crippen molar-refractivity contribution in [3.8, 4) is 17.5 Å². The SMILES string of the molecule is COc1cccc(CNc2nc(NCCOCCOCCNC(=O)c3ccccc3)nc(Oc3ccccc3)n2)c1. The van der Waals surface area contributed by atoms with Crippen molar-refractivity contribution in [1.82, 2.24) is 20.3 Å². The molecule has 214 valence electrons. The second-order valence-corrected chi connectivity index (χ2v) is 8.66. The van der Waals surface area contributed by atoms with Crippen LogP contribution in [-0.4, -0.2) is 67.5 Å². The van der Waals surface area contributed by atoms with E-state index >= 15 is 0 Å². The topological polar surface area (TPSA) is 129 Å². The van der Waals surface area contributed by atoms with Crippen LogP contribution in [-0.2, 0) is 16.0 Å². The fraction of sp³-hybridized carbons (Fsp3) is 0.267. The molecular formula is C30H34N6O5. The van der Waals surface area contributed by atoms with Gasteiger partial charge in [0.1, 0.15) is 11.5 Å². The van der Waals surface area contributed by atoms with Crippen LogP contribution in [0.1, 0.15) is 15.9 Å². The highest BCUT2D eigenvalue weighted by molar-refractivity contribution is 5.94. The van der Waals surface area contributed by atoms with Crippen molar-refractivity contribution in [3.63, 3.8) is 0 Å². The summed E-state index contributed by atoms with van der Waals surface area (Å²) in [5.74, 6) is 1.99. The summed E-state index contributed by atoms with van der Waals surface area (Å²) in [5, 5.41) is 9.19. The molecule has 0 bridgehead atoms. The van der Waals surface area contributed by atoms with Crippen LogP contribution >= 0.6 is 0 Å². The molecule has 3 aromatic carbocycles. The molecule has 0 fully saturated rings. The number of hydrogen-bond donors (Lipinski definition) is 3. The number of anilines is 2. The monoisotopic (exact) mass is 558 g/mol. The maximum absolute atomic E-state index is 12.0. The molecule has 41 heavy (non-hydrogen) atoms. The minimum absolute atomic E-state index is 0.120. The zero-order valence-electron chi connectivity index (χ0n) is 22.9. The first-order valence-corrected chi connectivity index (χ1v) is 13.3. The van der Waals surface area contributed by atoms with E-state index in [9.17, 15) is 4.79 Å². The van der Waals surface area contributed by atoms with Gasteiger partial charge in [-0.3, -0.25) is 4.79 Å². The Morgan fingerprint density at radius 2 is 1.37 bits per heavy atom. The molecular weight excluding hydrogens is 524 g/mol. The van der Waals surface area contributed by atoms with E-state index in [0.29, 0.717) is 69.3 Å². The fourth-order valence-corrected chi connectivity index (χ4v) is 3.60. The van der Waals surface area contributed by atoms with Gasteiger partial charge in [0.15, 0.2) is 0 Å². The largest absolute Gasteiger partial charge is 0.497 e. The van der Waals surface area contributed by atoms with E-state index in [4.69, 9.17) is 18.9 Å². The zero-order chi connectivity index (χ0) is 28.5. The Labute approximate surface area is 239 Å². The number of para-hydroxylation sites is 1. The summed E-state index contributed by atoms with van der Waals surface area (Å²) in [4.78, 5) is 25.3. The summed E-state index contributed by atoms with van der Waals surface area (Å²) in [7, 11) is 1.63. The van der Waals surface area contributed by atoms with Crippen molar-refractivity contribution < 1.29 is 23.7 Å². The number of aromatic nitrogens is 3. The summed E-state index contributed by atoms with van der Waals surface area (Å²) in [5.41, 5.74) is 1.64. The zero-order valence-corrected chi connectivity index (χ0v) is 22.9. The van der Waals surface area contributed by atoms with Gasteiger partial charge in [0, 0.05) is 25.2 Å². The van der Waals surface area contributed by atoms with Crippen molar-refractivity contribution in [3.05, 3.63) is 96.1 Å². The second kappa shape index (κ2) is 16.4. The maximum Gasteiger partial charge on any atom is 0.328 e. The third-order valence-electron chi connectivity index (χ3n) is 5.62. The quantitative estimate of drug-likeness (QED) is 0.163. The maximum atomic E-state index is 12.0. The molecule has 0 radical (unpaired) electrons. The van der Waals surface area contributed by atoms with E-state index in [2.05, 4.69) is 30.9 Å². The van der Waals surface area contributed by atoms with E-state index in [1.165, 1.54) is 0 Å². The highest BCUT2D eigenvalue weighted by Gasteiger charge is 2.09. The van der Waals surface area contributed by atoms with Crippen LogP contribution in [0.3, 0.4) is 0 Å². The Balaban J connectivity index is 1.19. The van der Waals surface area contributed by atoms with Crippen LogP contribution in [0.2, 0.25) is 0 Å². The number of ether oxygens (including phenoxy) is 4. The summed E-state index contributed by atoms with van der Waals surface area (Å²) in [6, 6.07) is 26.3. The van der Waals surface area contributed by atoms with E-state index in [1.54, 1.807) is 19.2 Å². The Bertz CT molecular complexity index is 1340. The van der Waals surface area contributed by atoms with Crippen LogP contribution < -0.4 is 25.4 Å².